The predicted octanol–water partition coefficient (Wildman–Crippen LogP) is 1.94. The lowest BCUT2D eigenvalue weighted by molar-refractivity contribution is 0.684. The first-order valence-corrected chi connectivity index (χ1v) is 4.64. The van der Waals surface area contributed by atoms with Gasteiger partial charge in [-0.05, 0) is 31.0 Å². The second-order valence-electron chi connectivity index (χ2n) is 3.52. The van der Waals surface area contributed by atoms with Gasteiger partial charge in [0, 0.05) is 18.1 Å². The van der Waals surface area contributed by atoms with Crippen LogP contribution in [0.25, 0.3) is 0 Å². The van der Waals surface area contributed by atoms with Crippen molar-refractivity contribution in [3.63, 3.8) is 0 Å². The third-order valence-electron chi connectivity index (χ3n) is 2.08. The highest BCUT2D eigenvalue weighted by molar-refractivity contribution is 5.13. The molecular formula is C11H13N3. The Morgan fingerprint density at radius 2 is 2.07 bits per heavy atom. The molecule has 3 nitrogen and oxygen atoms in total. The molecule has 2 aromatic heterocycles. The van der Waals surface area contributed by atoms with E-state index >= 15 is 0 Å². The molecule has 0 amide bonds. The first kappa shape index (κ1) is 8.94. The van der Waals surface area contributed by atoms with E-state index in [0.717, 1.165) is 12.2 Å². The molecule has 0 aliphatic carbocycles. The fraction of sp³-hybridized carbons (Fsp3) is 0.273. The Balaban J connectivity index is 2.15. The molecule has 2 aromatic rings. The lowest BCUT2D eigenvalue weighted by Gasteiger charge is -2.01. The van der Waals surface area contributed by atoms with Crippen molar-refractivity contribution in [2.24, 2.45) is 0 Å². The number of hydrogen-bond donors (Lipinski definition) is 0. The molecule has 0 aliphatic rings. The van der Waals surface area contributed by atoms with Gasteiger partial charge in [0.25, 0.3) is 0 Å². The van der Waals surface area contributed by atoms with E-state index in [4.69, 9.17) is 0 Å². The number of rotatable bonds is 2. The van der Waals surface area contributed by atoms with E-state index in [9.17, 15) is 0 Å². The summed E-state index contributed by atoms with van der Waals surface area (Å²) in [6.45, 7) is 4.82. The molecule has 14 heavy (non-hydrogen) atoms. The van der Waals surface area contributed by atoms with Crippen molar-refractivity contribution in [3.8, 4) is 0 Å². The number of aryl methyl sites for hydroxylation is 2. The summed E-state index contributed by atoms with van der Waals surface area (Å²) in [6, 6.07) is 4.10. The van der Waals surface area contributed by atoms with Crippen molar-refractivity contribution >= 4 is 0 Å². The van der Waals surface area contributed by atoms with E-state index in [-0.39, 0.29) is 0 Å². The highest BCUT2D eigenvalue weighted by Crippen LogP contribution is 2.03. The summed E-state index contributed by atoms with van der Waals surface area (Å²) in [5.74, 6) is 0. The monoisotopic (exact) mass is 187 g/mol. The van der Waals surface area contributed by atoms with Crippen molar-refractivity contribution in [3.05, 3.63) is 47.5 Å². The molecule has 0 bridgehead atoms. The second-order valence-corrected chi connectivity index (χ2v) is 3.52. The Hall–Kier alpha value is -1.64. The van der Waals surface area contributed by atoms with Crippen LogP contribution in [0.2, 0.25) is 0 Å². The Morgan fingerprint density at radius 3 is 2.64 bits per heavy atom. The van der Waals surface area contributed by atoms with Crippen LogP contribution in [0.15, 0.2) is 30.7 Å². The fourth-order valence-corrected chi connectivity index (χ4v) is 1.33. The summed E-state index contributed by atoms with van der Waals surface area (Å²) in [4.78, 5) is 4.24. The zero-order chi connectivity index (χ0) is 9.97. The maximum absolute atomic E-state index is 4.24. The summed E-state index contributed by atoms with van der Waals surface area (Å²) in [5.41, 5.74) is 3.41. The number of hydrogen-bond acceptors (Lipinski definition) is 2. The molecule has 0 saturated heterocycles. The van der Waals surface area contributed by atoms with E-state index in [1.165, 1.54) is 11.1 Å². The molecule has 0 radical (unpaired) electrons. The predicted molar refractivity (Wildman–Crippen MR) is 55.0 cm³/mol. The molecule has 0 fully saturated rings. The Kier molecular flexibility index (Phi) is 2.31. The van der Waals surface area contributed by atoms with Crippen molar-refractivity contribution in [2.75, 3.05) is 0 Å². The largest absolute Gasteiger partial charge is 0.268 e. The van der Waals surface area contributed by atoms with Crippen LogP contribution in [0, 0.1) is 13.8 Å². The van der Waals surface area contributed by atoms with Crippen LogP contribution in [-0.4, -0.2) is 14.8 Å². The second kappa shape index (κ2) is 3.62. The lowest BCUT2D eigenvalue weighted by Crippen LogP contribution is -2.00. The Labute approximate surface area is 83.4 Å². The van der Waals surface area contributed by atoms with Crippen LogP contribution in [0.3, 0.4) is 0 Å². The van der Waals surface area contributed by atoms with Gasteiger partial charge in [0.1, 0.15) is 0 Å². The molecule has 0 spiro atoms. The molecule has 0 aromatic carbocycles. The molecule has 2 rings (SSSR count). The average molecular weight is 187 g/mol. The molecule has 0 saturated carbocycles. The zero-order valence-electron chi connectivity index (χ0n) is 8.44. The molecule has 3 heteroatoms. The van der Waals surface area contributed by atoms with Gasteiger partial charge in [-0.15, -0.1) is 0 Å². The topological polar surface area (TPSA) is 30.7 Å². The van der Waals surface area contributed by atoms with Gasteiger partial charge in [-0.1, -0.05) is 6.07 Å². The van der Waals surface area contributed by atoms with Crippen LogP contribution in [0.5, 0.6) is 0 Å². The first-order chi connectivity index (χ1) is 6.74. The summed E-state index contributed by atoms with van der Waals surface area (Å²) in [7, 11) is 0. The van der Waals surface area contributed by atoms with Gasteiger partial charge in [-0.2, -0.15) is 5.10 Å². The maximum Gasteiger partial charge on any atom is 0.0674 e. The van der Waals surface area contributed by atoms with Gasteiger partial charge < -0.3 is 0 Å². The summed E-state index contributed by atoms with van der Waals surface area (Å²) >= 11 is 0. The first-order valence-electron chi connectivity index (χ1n) is 4.64. The molecule has 0 unspecified atom stereocenters. The van der Waals surface area contributed by atoms with E-state index in [2.05, 4.69) is 16.1 Å². The maximum atomic E-state index is 4.24. The van der Waals surface area contributed by atoms with Gasteiger partial charge >= 0.3 is 0 Å². The normalized spacial score (nSPS) is 10.4. The van der Waals surface area contributed by atoms with Crippen molar-refractivity contribution in [1.29, 1.82) is 0 Å². The van der Waals surface area contributed by atoms with Crippen molar-refractivity contribution in [1.82, 2.24) is 14.8 Å². The minimum atomic E-state index is 0.793. The third kappa shape index (κ3) is 1.99. The Bertz CT molecular complexity index is 414. The summed E-state index contributed by atoms with van der Waals surface area (Å²) in [6.07, 6.45) is 5.79. The van der Waals surface area contributed by atoms with E-state index in [1.807, 2.05) is 43.2 Å². The van der Waals surface area contributed by atoms with Crippen LogP contribution in [-0.2, 0) is 6.54 Å². The molecule has 2 heterocycles. The highest BCUT2D eigenvalue weighted by Gasteiger charge is 1.96. The van der Waals surface area contributed by atoms with Gasteiger partial charge in [0.05, 0.1) is 12.7 Å². The molecular weight excluding hydrogens is 174 g/mol. The third-order valence-corrected chi connectivity index (χ3v) is 2.08. The highest BCUT2D eigenvalue weighted by atomic mass is 15.3. The van der Waals surface area contributed by atoms with Crippen molar-refractivity contribution in [2.45, 2.75) is 20.4 Å². The molecule has 0 atom stereocenters. The minimum Gasteiger partial charge on any atom is -0.268 e. The lowest BCUT2D eigenvalue weighted by atomic mass is 10.2. The Morgan fingerprint density at radius 1 is 1.21 bits per heavy atom. The SMILES string of the molecule is Cc1cnn(Cc2ccc(C)nc2)c1. The van der Waals surface area contributed by atoms with Crippen LogP contribution in [0.4, 0.5) is 0 Å². The van der Waals surface area contributed by atoms with E-state index < -0.39 is 0 Å². The minimum absolute atomic E-state index is 0.793. The van der Waals surface area contributed by atoms with E-state index in [1.54, 1.807) is 0 Å². The number of pyridine rings is 1. The average Bonchev–Trinajstić information content (AvgIpc) is 2.56. The van der Waals surface area contributed by atoms with Gasteiger partial charge in [0.15, 0.2) is 0 Å². The van der Waals surface area contributed by atoms with Crippen LogP contribution >= 0.6 is 0 Å². The smallest absolute Gasteiger partial charge is 0.0674 e. The molecule has 0 aliphatic heterocycles. The van der Waals surface area contributed by atoms with Crippen LogP contribution in [0.1, 0.15) is 16.8 Å². The standard InChI is InChI=1S/C11H13N3/c1-9-5-13-14(7-9)8-11-4-3-10(2)12-6-11/h3-7H,8H2,1-2H3. The number of nitrogens with zero attached hydrogens (tertiary/aromatic N) is 3. The summed E-state index contributed by atoms with van der Waals surface area (Å²) < 4.78 is 1.92. The zero-order valence-corrected chi connectivity index (χ0v) is 8.44. The van der Waals surface area contributed by atoms with Gasteiger partial charge in [-0.3, -0.25) is 9.67 Å². The van der Waals surface area contributed by atoms with Gasteiger partial charge in [0.2, 0.25) is 0 Å². The number of aromatic nitrogens is 3. The summed E-state index contributed by atoms with van der Waals surface area (Å²) in [5, 5.41) is 4.22. The van der Waals surface area contributed by atoms with E-state index in [0.29, 0.717) is 0 Å². The fourth-order valence-electron chi connectivity index (χ4n) is 1.33. The molecule has 72 valence electrons. The van der Waals surface area contributed by atoms with Crippen molar-refractivity contribution < 1.29 is 0 Å². The molecule has 0 N–H and O–H groups in total. The quantitative estimate of drug-likeness (QED) is 0.719. The van der Waals surface area contributed by atoms with Gasteiger partial charge in [-0.25, -0.2) is 0 Å². The van der Waals surface area contributed by atoms with Crippen LogP contribution < -0.4 is 0 Å².